The van der Waals surface area contributed by atoms with Gasteiger partial charge < -0.3 is 4.90 Å². The molecule has 1 aliphatic rings. The summed E-state index contributed by atoms with van der Waals surface area (Å²) in [5.74, 6) is 0. The second-order valence-corrected chi connectivity index (χ2v) is 6.87. The molecule has 22 heavy (non-hydrogen) atoms. The van der Waals surface area contributed by atoms with Crippen molar-refractivity contribution in [3.8, 4) is 0 Å². The molecule has 0 spiro atoms. The van der Waals surface area contributed by atoms with Crippen molar-refractivity contribution in [2.75, 3.05) is 26.2 Å². The summed E-state index contributed by atoms with van der Waals surface area (Å²) in [5.41, 5.74) is 2.51. The molecule has 0 bridgehead atoms. The van der Waals surface area contributed by atoms with E-state index in [0.717, 1.165) is 47.7 Å². The fraction of sp³-hybridized carbons (Fsp3) is 0.278. The van der Waals surface area contributed by atoms with Crippen LogP contribution in [0, 0.1) is 0 Å². The van der Waals surface area contributed by atoms with Gasteiger partial charge in [0, 0.05) is 42.8 Å². The predicted molar refractivity (Wildman–Crippen MR) is 99.1 cm³/mol. The average molecular weight is 375 g/mol. The Kier molecular flexibility index (Phi) is 5.24. The Labute approximate surface area is 145 Å². The summed E-state index contributed by atoms with van der Waals surface area (Å²) in [6.07, 6.45) is 0. The lowest BCUT2D eigenvalue weighted by molar-refractivity contribution is 0.177. The lowest BCUT2D eigenvalue weighted by Crippen LogP contribution is -2.48. The van der Waals surface area contributed by atoms with E-state index in [9.17, 15) is 0 Å². The third kappa shape index (κ3) is 3.94. The van der Waals surface area contributed by atoms with Crippen LogP contribution in [0.15, 0.2) is 59.1 Å². The van der Waals surface area contributed by atoms with E-state index < -0.39 is 0 Å². The van der Waals surface area contributed by atoms with Gasteiger partial charge in [0.05, 0.1) is 0 Å². The number of hydrogen-bond acceptors (Lipinski definition) is 2. The molecule has 2 nitrogen and oxygen atoms in total. The molecule has 2 aromatic rings. The number of halogens is 1. The van der Waals surface area contributed by atoms with Gasteiger partial charge in [-0.2, -0.15) is 0 Å². The summed E-state index contributed by atoms with van der Waals surface area (Å²) in [5, 5.41) is 0. The van der Waals surface area contributed by atoms with Gasteiger partial charge in [0.1, 0.15) is 4.99 Å². The number of rotatable bonds is 3. The van der Waals surface area contributed by atoms with Gasteiger partial charge in [-0.05, 0) is 17.7 Å². The van der Waals surface area contributed by atoms with Crippen LogP contribution in [0.3, 0.4) is 0 Å². The van der Waals surface area contributed by atoms with E-state index in [0.29, 0.717) is 0 Å². The monoisotopic (exact) mass is 374 g/mol. The van der Waals surface area contributed by atoms with Crippen LogP contribution in [0.1, 0.15) is 11.1 Å². The molecule has 4 heteroatoms. The normalized spacial score (nSPS) is 15.8. The number of hydrogen-bond donors (Lipinski definition) is 0. The van der Waals surface area contributed by atoms with Crippen LogP contribution < -0.4 is 0 Å². The Morgan fingerprint density at radius 3 is 2.36 bits per heavy atom. The van der Waals surface area contributed by atoms with Gasteiger partial charge in [-0.1, -0.05) is 70.6 Å². The SMILES string of the molecule is S=C(c1cccc(Br)c1)N1CCN(Cc2ccccc2)CC1. The zero-order valence-corrected chi connectivity index (χ0v) is 14.8. The van der Waals surface area contributed by atoms with Crippen molar-refractivity contribution < 1.29 is 0 Å². The molecule has 1 aliphatic heterocycles. The molecule has 0 unspecified atom stereocenters. The smallest absolute Gasteiger partial charge is 0.109 e. The zero-order valence-electron chi connectivity index (χ0n) is 12.4. The van der Waals surface area contributed by atoms with Gasteiger partial charge in [-0.3, -0.25) is 4.90 Å². The molecule has 0 aromatic heterocycles. The summed E-state index contributed by atoms with van der Waals surface area (Å²) in [4.78, 5) is 5.77. The topological polar surface area (TPSA) is 6.48 Å². The second kappa shape index (κ2) is 7.36. The molecular weight excluding hydrogens is 356 g/mol. The minimum Gasteiger partial charge on any atom is -0.360 e. The van der Waals surface area contributed by atoms with Crippen molar-refractivity contribution >= 4 is 33.1 Å². The van der Waals surface area contributed by atoms with Gasteiger partial charge in [-0.25, -0.2) is 0 Å². The molecule has 1 heterocycles. The summed E-state index contributed by atoms with van der Waals surface area (Å²) >= 11 is 9.17. The van der Waals surface area contributed by atoms with Crippen LogP contribution >= 0.6 is 28.1 Å². The molecule has 2 aromatic carbocycles. The Hall–Kier alpha value is -1.23. The van der Waals surface area contributed by atoms with Crippen LogP contribution in [-0.2, 0) is 6.54 Å². The maximum absolute atomic E-state index is 5.66. The Bertz CT molecular complexity index is 637. The summed E-state index contributed by atoms with van der Waals surface area (Å²) in [6, 6.07) is 18.9. The highest BCUT2D eigenvalue weighted by atomic mass is 79.9. The number of benzene rings is 2. The third-order valence-corrected chi connectivity index (χ3v) is 4.97. The van der Waals surface area contributed by atoms with Crippen molar-refractivity contribution in [1.82, 2.24) is 9.80 Å². The van der Waals surface area contributed by atoms with E-state index in [1.54, 1.807) is 0 Å². The van der Waals surface area contributed by atoms with Gasteiger partial charge >= 0.3 is 0 Å². The maximum Gasteiger partial charge on any atom is 0.109 e. The molecule has 0 atom stereocenters. The van der Waals surface area contributed by atoms with Crippen molar-refractivity contribution in [2.45, 2.75) is 6.54 Å². The molecule has 0 amide bonds. The van der Waals surface area contributed by atoms with Crippen LogP contribution in [0.25, 0.3) is 0 Å². The van der Waals surface area contributed by atoms with Crippen molar-refractivity contribution in [2.24, 2.45) is 0 Å². The standard InChI is InChI=1S/C18H19BrN2S/c19-17-8-4-7-16(13-17)18(22)21-11-9-20(10-12-21)14-15-5-2-1-3-6-15/h1-8,13H,9-12,14H2. The first-order valence-electron chi connectivity index (χ1n) is 7.53. The van der Waals surface area contributed by atoms with Gasteiger partial charge in [0.2, 0.25) is 0 Å². The van der Waals surface area contributed by atoms with E-state index in [1.165, 1.54) is 5.56 Å². The highest BCUT2D eigenvalue weighted by Crippen LogP contribution is 2.16. The van der Waals surface area contributed by atoms with Crippen LogP contribution in [0.5, 0.6) is 0 Å². The molecular formula is C18H19BrN2S. The summed E-state index contributed by atoms with van der Waals surface area (Å²) in [6.45, 7) is 5.14. The molecule has 0 aliphatic carbocycles. The number of piperazine rings is 1. The van der Waals surface area contributed by atoms with Gasteiger partial charge in [0.25, 0.3) is 0 Å². The van der Waals surface area contributed by atoms with E-state index in [2.05, 4.69) is 68.2 Å². The Morgan fingerprint density at radius 2 is 1.68 bits per heavy atom. The van der Waals surface area contributed by atoms with Gasteiger partial charge in [0.15, 0.2) is 0 Å². The fourth-order valence-electron chi connectivity index (χ4n) is 2.75. The molecule has 1 saturated heterocycles. The van der Waals surface area contributed by atoms with Crippen LogP contribution in [0.2, 0.25) is 0 Å². The van der Waals surface area contributed by atoms with Gasteiger partial charge in [-0.15, -0.1) is 0 Å². The van der Waals surface area contributed by atoms with E-state index in [1.807, 2.05) is 12.1 Å². The number of nitrogens with zero attached hydrogens (tertiary/aromatic N) is 2. The molecule has 0 radical (unpaired) electrons. The first kappa shape index (κ1) is 15.7. The average Bonchev–Trinajstić information content (AvgIpc) is 2.56. The molecule has 1 fully saturated rings. The molecule has 114 valence electrons. The van der Waals surface area contributed by atoms with Crippen LogP contribution in [-0.4, -0.2) is 41.0 Å². The van der Waals surface area contributed by atoms with Crippen LogP contribution in [0.4, 0.5) is 0 Å². The first-order chi connectivity index (χ1) is 10.7. The van der Waals surface area contributed by atoms with E-state index in [-0.39, 0.29) is 0 Å². The lowest BCUT2D eigenvalue weighted by Gasteiger charge is -2.36. The highest BCUT2D eigenvalue weighted by molar-refractivity contribution is 9.10. The summed E-state index contributed by atoms with van der Waals surface area (Å²) < 4.78 is 1.08. The zero-order chi connectivity index (χ0) is 15.4. The first-order valence-corrected chi connectivity index (χ1v) is 8.73. The molecule has 3 rings (SSSR count). The molecule has 0 N–H and O–H groups in total. The lowest BCUT2D eigenvalue weighted by atomic mass is 10.1. The maximum atomic E-state index is 5.66. The van der Waals surface area contributed by atoms with E-state index >= 15 is 0 Å². The Morgan fingerprint density at radius 1 is 0.955 bits per heavy atom. The third-order valence-electron chi connectivity index (χ3n) is 3.98. The van der Waals surface area contributed by atoms with Crippen molar-refractivity contribution in [3.05, 3.63) is 70.2 Å². The summed E-state index contributed by atoms with van der Waals surface area (Å²) in [7, 11) is 0. The quantitative estimate of drug-likeness (QED) is 0.751. The fourth-order valence-corrected chi connectivity index (χ4v) is 3.46. The van der Waals surface area contributed by atoms with E-state index in [4.69, 9.17) is 12.2 Å². The van der Waals surface area contributed by atoms with Crippen molar-refractivity contribution in [1.29, 1.82) is 0 Å². The Balaban J connectivity index is 1.56. The highest BCUT2D eigenvalue weighted by Gasteiger charge is 2.19. The molecule has 0 saturated carbocycles. The largest absolute Gasteiger partial charge is 0.360 e. The van der Waals surface area contributed by atoms with Crippen molar-refractivity contribution in [3.63, 3.8) is 0 Å². The predicted octanol–water partition coefficient (Wildman–Crippen LogP) is 3.94. The minimum atomic E-state index is 0.959. The number of thiocarbonyl (C=S) groups is 1. The second-order valence-electron chi connectivity index (χ2n) is 5.56. The minimum absolute atomic E-state index is 0.959.